The highest BCUT2D eigenvalue weighted by Crippen LogP contribution is 2.39. The van der Waals surface area contributed by atoms with E-state index >= 15 is 0 Å². The Hall–Kier alpha value is -3.42. The van der Waals surface area contributed by atoms with E-state index in [4.69, 9.17) is 4.74 Å². The van der Waals surface area contributed by atoms with Gasteiger partial charge >= 0.3 is 0 Å². The topological polar surface area (TPSA) is 109 Å². The number of rotatable bonds is 8. The standard InChI is InChI=1S/C28H33N3O5/c1-3-23(32)21(13-16-7-5-11-24(16)33)30-27(34)26-18-9-4-8-17(18)15-31(26)28(35)22-14-19-20(29-22)10-6-12-25(19)36-2/h4,6,8,10,12,14,16-18,21,26,29H,3,5,7,9,11,13,15H2,1-2H3,(H,30,34)/t16-,17-,18-,21-,26-/m0/s1. The van der Waals surface area contributed by atoms with Crippen LogP contribution in [0.3, 0.4) is 0 Å². The molecule has 1 aromatic heterocycles. The number of methoxy groups -OCH3 is 1. The molecule has 0 bridgehead atoms. The third kappa shape index (κ3) is 4.33. The number of benzene rings is 1. The predicted octanol–water partition coefficient (Wildman–Crippen LogP) is 3.42. The number of aromatic amines is 1. The summed E-state index contributed by atoms with van der Waals surface area (Å²) in [4.78, 5) is 57.2. The van der Waals surface area contributed by atoms with Crippen LogP contribution in [0.25, 0.3) is 10.9 Å². The van der Waals surface area contributed by atoms with E-state index < -0.39 is 12.1 Å². The van der Waals surface area contributed by atoms with E-state index in [1.54, 1.807) is 25.0 Å². The lowest BCUT2D eigenvalue weighted by molar-refractivity contribution is -0.131. The summed E-state index contributed by atoms with van der Waals surface area (Å²) in [7, 11) is 1.59. The third-order valence-corrected chi connectivity index (χ3v) is 8.10. The van der Waals surface area contributed by atoms with Crippen LogP contribution in [0.2, 0.25) is 0 Å². The molecular formula is C28H33N3O5. The number of hydrogen-bond donors (Lipinski definition) is 2. The van der Waals surface area contributed by atoms with Gasteiger partial charge in [0.1, 0.15) is 23.3 Å². The second-order valence-electron chi connectivity index (χ2n) is 10.2. The van der Waals surface area contributed by atoms with Gasteiger partial charge in [-0.05, 0) is 49.8 Å². The highest BCUT2D eigenvalue weighted by Gasteiger charge is 2.49. The largest absolute Gasteiger partial charge is 0.496 e. The van der Waals surface area contributed by atoms with E-state index in [9.17, 15) is 19.2 Å². The van der Waals surface area contributed by atoms with Crippen molar-refractivity contribution in [2.24, 2.45) is 17.8 Å². The van der Waals surface area contributed by atoms with E-state index in [1.165, 1.54) is 0 Å². The van der Waals surface area contributed by atoms with Gasteiger partial charge < -0.3 is 19.9 Å². The molecule has 3 aliphatic rings. The van der Waals surface area contributed by atoms with Crippen molar-refractivity contribution >= 4 is 34.3 Å². The molecule has 1 saturated heterocycles. The lowest BCUT2D eigenvalue weighted by Crippen LogP contribution is -2.53. The zero-order valence-electron chi connectivity index (χ0n) is 20.8. The molecule has 2 fully saturated rings. The van der Waals surface area contributed by atoms with Gasteiger partial charge in [0.25, 0.3) is 5.91 Å². The number of fused-ring (bicyclic) bond motifs is 2. The smallest absolute Gasteiger partial charge is 0.271 e. The van der Waals surface area contributed by atoms with Gasteiger partial charge in [-0.15, -0.1) is 0 Å². The first kappa shape index (κ1) is 24.3. The minimum atomic E-state index is -0.711. The Balaban J connectivity index is 1.40. The van der Waals surface area contributed by atoms with Gasteiger partial charge in [0.2, 0.25) is 5.91 Å². The van der Waals surface area contributed by atoms with Crippen LogP contribution in [0.1, 0.15) is 55.9 Å². The SMILES string of the molecule is CCC(=O)[C@H](C[C@@H]1CCCC1=O)NC(=O)[C@@H]1[C@H]2CC=C[C@H]2CN1C(=O)c1cc2c(OC)cccc2[nH]1. The van der Waals surface area contributed by atoms with Gasteiger partial charge in [-0.3, -0.25) is 19.2 Å². The van der Waals surface area contributed by atoms with Crippen LogP contribution in [0.15, 0.2) is 36.4 Å². The van der Waals surface area contributed by atoms with Crippen molar-refractivity contribution < 1.29 is 23.9 Å². The summed E-state index contributed by atoms with van der Waals surface area (Å²) >= 11 is 0. The number of amides is 2. The first-order chi connectivity index (χ1) is 17.4. The van der Waals surface area contributed by atoms with Crippen molar-refractivity contribution in [1.82, 2.24) is 15.2 Å². The van der Waals surface area contributed by atoms with Gasteiger partial charge in [0.05, 0.1) is 13.2 Å². The lowest BCUT2D eigenvalue weighted by Gasteiger charge is -2.29. The molecule has 190 valence electrons. The Morgan fingerprint density at radius 2 is 2.11 bits per heavy atom. The number of aromatic nitrogens is 1. The Bertz CT molecular complexity index is 1230. The highest BCUT2D eigenvalue weighted by atomic mass is 16.5. The van der Waals surface area contributed by atoms with Crippen molar-refractivity contribution in [1.29, 1.82) is 0 Å². The number of ether oxygens (including phenoxy) is 1. The molecule has 36 heavy (non-hydrogen) atoms. The Kier molecular flexibility index (Phi) is 6.69. The first-order valence-corrected chi connectivity index (χ1v) is 12.9. The number of H-pyrrole nitrogens is 1. The number of likely N-dealkylation sites (tertiary alicyclic amines) is 1. The van der Waals surface area contributed by atoms with Crippen molar-refractivity contribution in [2.75, 3.05) is 13.7 Å². The molecule has 2 N–H and O–H groups in total. The van der Waals surface area contributed by atoms with Crippen molar-refractivity contribution in [3.05, 3.63) is 42.1 Å². The van der Waals surface area contributed by atoms with Gasteiger partial charge in [-0.2, -0.15) is 0 Å². The number of carbonyl (C=O) groups is 4. The molecule has 8 nitrogen and oxygen atoms in total. The highest BCUT2D eigenvalue weighted by molar-refractivity contribution is 6.02. The zero-order valence-corrected chi connectivity index (χ0v) is 20.8. The van der Waals surface area contributed by atoms with Crippen molar-refractivity contribution in [3.8, 4) is 5.75 Å². The first-order valence-electron chi connectivity index (χ1n) is 12.9. The molecule has 0 radical (unpaired) electrons. The maximum absolute atomic E-state index is 13.7. The van der Waals surface area contributed by atoms with Crippen LogP contribution in [-0.2, 0) is 14.4 Å². The molecule has 2 aliphatic carbocycles. The second kappa shape index (κ2) is 9.91. The summed E-state index contributed by atoms with van der Waals surface area (Å²) in [5.74, 6) is 0.0765. The molecule has 1 saturated carbocycles. The maximum atomic E-state index is 13.7. The van der Waals surface area contributed by atoms with Crippen molar-refractivity contribution in [3.63, 3.8) is 0 Å². The Morgan fingerprint density at radius 3 is 2.83 bits per heavy atom. The average Bonchev–Trinajstić information content (AvgIpc) is 3.66. The summed E-state index contributed by atoms with van der Waals surface area (Å²) < 4.78 is 5.43. The molecular weight excluding hydrogens is 458 g/mol. The monoisotopic (exact) mass is 491 g/mol. The molecule has 1 aliphatic heterocycles. The van der Waals surface area contributed by atoms with E-state index in [1.807, 2.05) is 18.2 Å². The van der Waals surface area contributed by atoms with Crippen LogP contribution in [0, 0.1) is 17.8 Å². The zero-order chi connectivity index (χ0) is 25.4. The number of Topliss-reactive ketones (excluding diaryl/α,β-unsaturated/α-hetero) is 2. The number of nitrogens with one attached hydrogen (secondary N) is 2. The fourth-order valence-electron chi connectivity index (χ4n) is 6.18. The molecule has 2 aromatic rings. The minimum Gasteiger partial charge on any atom is -0.496 e. The molecule has 2 heterocycles. The number of nitrogens with zero attached hydrogens (tertiary/aromatic N) is 1. The molecule has 1 aromatic carbocycles. The van der Waals surface area contributed by atoms with Gasteiger partial charge in [0, 0.05) is 42.1 Å². The van der Waals surface area contributed by atoms with E-state index in [0.29, 0.717) is 37.3 Å². The Labute approximate surface area is 210 Å². The lowest BCUT2D eigenvalue weighted by atomic mass is 9.91. The summed E-state index contributed by atoms with van der Waals surface area (Å²) in [5, 5.41) is 3.76. The van der Waals surface area contributed by atoms with E-state index in [0.717, 1.165) is 23.7 Å². The molecule has 0 spiro atoms. The van der Waals surface area contributed by atoms with E-state index in [2.05, 4.69) is 22.5 Å². The van der Waals surface area contributed by atoms with Gasteiger partial charge in [-0.25, -0.2) is 0 Å². The average molecular weight is 492 g/mol. The molecule has 2 amide bonds. The number of ketones is 2. The predicted molar refractivity (Wildman–Crippen MR) is 135 cm³/mol. The van der Waals surface area contributed by atoms with Crippen LogP contribution in [0.4, 0.5) is 0 Å². The number of allylic oxidation sites excluding steroid dienone is 1. The molecule has 8 heteroatoms. The summed E-state index contributed by atoms with van der Waals surface area (Å²) in [6.45, 7) is 2.21. The van der Waals surface area contributed by atoms with Gasteiger partial charge in [-0.1, -0.05) is 25.1 Å². The minimum absolute atomic E-state index is 0.0293. The number of hydrogen-bond acceptors (Lipinski definition) is 5. The maximum Gasteiger partial charge on any atom is 0.271 e. The van der Waals surface area contributed by atoms with E-state index in [-0.39, 0.29) is 47.6 Å². The molecule has 5 atom stereocenters. The fourth-order valence-corrected chi connectivity index (χ4v) is 6.18. The quantitative estimate of drug-likeness (QED) is 0.550. The van der Waals surface area contributed by atoms with Crippen LogP contribution in [-0.4, -0.2) is 59.0 Å². The Morgan fingerprint density at radius 1 is 1.28 bits per heavy atom. The van der Waals surface area contributed by atoms with Crippen LogP contribution >= 0.6 is 0 Å². The van der Waals surface area contributed by atoms with Crippen LogP contribution in [0.5, 0.6) is 5.75 Å². The number of carbonyl (C=O) groups excluding carboxylic acids is 4. The molecule has 5 rings (SSSR count). The summed E-state index contributed by atoms with van der Waals surface area (Å²) in [6.07, 6.45) is 7.61. The fraction of sp³-hybridized carbons (Fsp3) is 0.500. The third-order valence-electron chi connectivity index (χ3n) is 8.10. The normalized spacial score (nSPS) is 25.8. The van der Waals surface area contributed by atoms with Crippen LogP contribution < -0.4 is 10.1 Å². The summed E-state index contributed by atoms with van der Waals surface area (Å²) in [6, 6.07) is 5.95. The van der Waals surface area contributed by atoms with Crippen molar-refractivity contribution in [2.45, 2.75) is 57.5 Å². The van der Waals surface area contributed by atoms with Gasteiger partial charge in [0.15, 0.2) is 5.78 Å². The second-order valence-corrected chi connectivity index (χ2v) is 10.2. The molecule has 0 unspecified atom stereocenters. The summed E-state index contributed by atoms with van der Waals surface area (Å²) in [5.41, 5.74) is 1.18.